The summed E-state index contributed by atoms with van der Waals surface area (Å²) in [4.78, 5) is 25.1. The molecule has 2 aromatic rings. The summed E-state index contributed by atoms with van der Waals surface area (Å²) in [7, 11) is 0. The molecular formula is C21H20N2O4S. The van der Waals surface area contributed by atoms with Gasteiger partial charge >= 0.3 is 5.97 Å². The van der Waals surface area contributed by atoms with E-state index in [2.05, 4.69) is 11.4 Å². The van der Waals surface area contributed by atoms with E-state index in [4.69, 9.17) is 9.47 Å². The molecule has 0 radical (unpaired) electrons. The average Bonchev–Trinajstić information content (AvgIpc) is 3.39. The summed E-state index contributed by atoms with van der Waals surface area (Å²) in [6, 6.07) is 8.01. The molecule has 1 aromatic heterocycles. The Morgan fingerprint density at radius 2 is 1.93 bits per heavy atom. The van der Waals surface area contributed by atoms with Crippen LogP contribution in [0.25, 0.3) is 0 Å². The highest BCUT2D eigenvalue weighted by Gasteiger charge is 2.23. The lowest BCUT2D eigenvalue weighted by Crippen LogP contribution is -2.23. The maximum absolute atomic E-state index is 12.1. The lowest BCUT2D eigenvalue weighted by atomic mass is 10.1. The maximum atomic E-state index is 12.1. The van der Waals surface area contributed by atoms with E-state index in [0.717, 1.165) is 49.0 Å². The third-order valence-electron chi connectivity index (χ3n) is 5.08. The number of hydrogen-bond acceptors (Lipinski definition) is 6. The van der Waals surface area contributed by atoms with Gasteiger partial charge in [-0.25, -0.2) is 4.79 Å². The van der Waals surface area contributed by atoms with E-state index in [1.165, 1.54) is 22.5 Å². The van der Waals surface area contributed by atoms with E-state index in [9.17, 15) is 14.9 Å². The summed E-state index contributed by atoms with van der Waals surface area (Å²) in [5, 5.41) is 12.6. The highest BCUT2D eigenvalue weighted by molar-refractivity contribution is 7.16. The molecule has 1 amide bonds. The Hall–Kier alpha value is -2.85. The number of nitrogens with one attached hydrogen (secondary N) is 1. The van der Waals surface area contributed by atoms with Gasteiger partial charge in [0.15, 0.2) is 13.2 Å². The van der Waals surface area contributed by atoms with Crippen LogP contribution >= 0.6 is 11.3 Å². The molecule has 0 atom stereocenters. The second-order valence-electron chi connectivity index (χ2n) is 6.95. The summed E-state index contributed by atoms with van der Waals surface area (Å²) in [5.74, 6) is -0.430. The lowest BCUT2D eigenvalue weighted by Gasteiger charge is -2.09. The molecule has 1 aromatic carbocycles. The molecule has 0 bridgehead atoms. The van der Waals surface area contributed by atoms with Crippen LogP contribution in [0.15, 0.2) is 18.2 Å². The number of hydrogen-bond donors (Lipinski definition) is 1. The van der Waals surface area contributed by atoms with Gasteiger partial charge in [0.05, 0.1) is 5.56 Å². The summed E-state index contributed by atoms with van der Waals surface area (Å²) in [6.07, 6.45) is 6.14. The lowest BCUT2D eigenvalue weighted by molar-refractivity contribution is -0.149. The monoisotopic (exact) mass is 396 g/mol. The van der Waals surface area contributed by atoms with Crippen LogP contribution in [0.4, 0.5) is 5.00 Å². The number of nitriles is 1. The number of thiophene rings is 1. The summed E-state index contributed by atoms with van der Waals surface area (Å²) in [6.45, 7) is -0.650. The summed E-state index contributed by atoms with van der Waals surface area (Å²) < 4.78 is 10.5. The van der Waals surface area contributed by atoms with Crippen molar-refractivity contribution in [2.24, 2.45) is 0 Å². The third kappa shape index (κ3) is 3.87. The molecule has 0 spiro atoms. The van der Waals surface area contributed by atoms with Crippen molar-refractivity contribution in [2.75, 3.05) is 18.5 Å². The molecule has 0 fully saturated rings. The van der Waals surface area contributed by atoms with Gasteiger partial charge in [0.1, 0.15) is 16.8 Å². The van der Waals surface area contributed by atoms with Crippen LogP contribution in [-0.2, 0) is 40.0 Å². The number of carbonyl (C=O) groups excluding carboxylic acids is 2. The van der Waals surface area contributed by atoms with Gasteiger partial charge < -0.3 is 14.8 Å². The zero-order chi connectivity index (χ0) is 19.5. The molecule has 28 heavy (non-hydrogen) atoms. The molecule has 2 aliphatic rings. The Labute approximate surface area is 167 Å². The van der Waals surface area contributed by atoms with Crippen LogP contribution in [-0.4, -0.2) is 25.1 Å². The van der Waals surface area contributed by atoms with Crippen molar-refractivity contribution in [2.45, 2.75) is 38.5 Å². The topological polar surface area (TPSA) is 88.4 Å². The minimum absolute atomic E-state index is 0.247. The standard InChI is InChI=1S/C21H20N2O4S/c22-10-17-16-5-2-6-18(16)28-21(17)23-19(24)11-27-20(25)12-26-15-8-7-13-3-1-4-14(13)9-15/h7-9H,1-6,11-12H2,(H,23,24). The number of amides is 1. The molecule has 7 heteroatoms. The van der Waals surface area contributed by atoms with Crippen LogP contribution in [0.1, 0.15) is 40.0 Å². The highest BCUT2D eigenvalue weighted by atomic mass is 32.1. The molecular weight excluding hydrogens is 376 g/mol. The van der Waals surface area contributed by atoms with Gasteiger partial charge in [0.2, 0.25) is 0 Å². The Balaban J connectivity index is 1.25. The van der Waals surface area contributed by atoms with Crippen molar-refractivity contribution in [1.82, 2.24) is 0 Å². The van der Waals surface area contributed by atoms with Gasteiger partial charge in [0, 0.05) is 4.88 Å². The van der Waals surface area contributed by atoms with Gasteiger partial charge in [-0.3, -0.25) is 4.79 Å². The van der Waals surface area contributed by atoms with E-state index in [-0.39, 0.29) is 6.61 Å². The number of benzene rings is 1. The third-order valence-corrected chi connectivity index (χ3v) is 6.28. The molecule has 1 N–H and O–H groups in total. The van der Waals surface area contributed by atoms with Crippen LogP contribution in [0.3, 0.4) is 0 Å². The number of rotatable bonds is 6. The van der Waals surface area contributed by atoms with E-state index >= 15 is 0 Å². The van der Waals surface area contributed by atoms with Crippen LogP contribution in [0.2, 0.25) is 0 Å². The van der Waals surface area contributed by atoms with Gasteiger partial charge in [-0.1, -0.05) is 6.07 Å². The second kappa shape index (κ2) is 8.03. The zero-order valence-corrected chi connectivity index (χ0v) is 16.2. The van der Waals surface area contributed by atoms with Crippen molar-refractivity contribution in [3.8, 4) is 11.8 Å². The number of ether oxygens (including phenoxy) is 2. The van der Waals surface area contributed by atoms with E-state index in [0.29, 0.717) is 16.3 Å². The Morgan fingerprint density at radius 3 is 2.79 bits per heavy atom. The molecule has 0 saturated heterocycles. The Bertz CT molecular complexity index is 974. The Morgan fingerprint density at radius 1 is 1.11 bits per heavy atom. The Kier molecular flexibility index (Phi) is 5.31. The number of fused-ring (bicyclic) bond motifs is 2. The molecule has 2 aliphatic carbocycles. The summed E-state index contributed by atoms with van der Waals surface area (Å²) >= 11 is 1.43. The quantitative estimate of drug-likeness (QED) is 0.758. The first-order valence-corrected chi connectivity index (χ1v) is 10.2. The van der Waals surface area contributed by atoms with E-state index in [1.807, 2.05) is 18.2 Å². The molecule has 144 valence electrons. The van der Waals surface area contributed by atoms with Crippen LogP contribution in [0, 0.1) is 11.3 Å². The van der Waals surface area contributed by atoms with Crippen LogP contribution in [0.5, 0.6) is 5.75 Å². The van der Waals surface area contributed by atoms with Crippen molar-refractivity contribution in [1.29, 1.82) is 5.26 Å². The SMILES string of the molecule is N#Cc1c(NC(=O)COC(=O)COc2ccc3c(c2)CCC3)sc2c1CCC2. The number of anilines is 1. The van der Waals surface area contributed by atoms with Crippen molar-refractivity contribution in [3.63, 3.8) is 0 Å². The summed E-state index contributed by atoms with van der Waals surface area (Å²) in [5.41, 5.74) is 4.18. The zero-order valence-electron chi connectivity index (χ0n) is 15.4. The highest BCUT2D eigenvalue weighted by Crippen LogP contribution is 2.38. The fourth-order valence-electron chi connectivity index (χ4n) is 3.74. The smallest absolute Gasteiger partial charge is 0.344 e. The molecule has 6 nitrogen and oxygen atoms in total. The van der Waals surface area contributed by atoms with Gasteiger partial charge in [-0.2, -0.15) is 5.26 Å². The molecule has 4 rings (SSSR count). The largest absolute Gasteiger partial charge is 0.482 e. The molecule has 1 heterocycles. The first kappa shape index (κ1) is 18.5. The fraction of sp³-hybridized carbons (Fsp3) is 0.381. The first-order valence-electron chi connectivity index (χ1n) is 9.39. The molecule has 0 saturated carbocycles. The predicted octanol–water partition coefficient (Wildman–Crippen LogP) is 3.16. The normalized spacial score (nSPS) is 14.1. The number of esters is 1. The van der Waals surface area contributed by atoms with Gasteiger partial charge in [-0.15, -0.1) is 11.3 Å². The minimum atomic E-state index is -0.607. The van der Waals surface area contributed by atoms with Gasteiger partial charge in [-0.05, 0) is 67.3 Å². The average molecular weight is 396 g/mol. The number of aryl methyl sites for hydroxylation is 3. The van der Waals surface area contributed by atoms with Crippen molar-refractivity contribution in [3.05, 3.63) is 45.3 Å². The van der Waals surface area contributed by atoms with Crippen LogP contribution < -0.4 is 10.1 Å². The second-order valence-corrected chi connectivity index (χ2v) is 8.06. The molecule has 0 unspecified atom stereocenters. The van der Waals surface area contributed by atoms with E-state index in [1.54, 1.807) is 0 Å². The maximum Gasteiger partial charge on any atom is 0.344 e. The van der Waals surface area contributed by atoms with E-state index < -0.39 is 18.5 Å². The first-order chi connectivity index (χ1) is 13.6. The minimum Gasteiger partial charge on any atom is -0.482 e. The number of carbonyl (C=O) groups is 2. The van der Waals surface area contributed by atoms with Crippen molar-refractivity contribution >= 4 is 28.2 Å². The van der Waals surface area contributed by atoms with Gasteiger partial charge in [0.25, 0.3) is 5.91 Å². The number of nitrogens with zero attached hydrogens (tertiary/aromatic N) is 1. The predicted molar refractivity (Wildman–Crippen MR) is 105 cm³/mol. The fourth-order valence-corrected chi connectivity index (χ4v) is 5.00. The van der Waals surface area contributed by atoms with Crippen molar-refractivity contribution < 1.29 is 19.1 Å². The molecule has 0 aliphatic heterocycles.